The lowest BCUT2D eigenvalue weighted by atomic mass is 9.76. The lowest BCUT2D eigenvalue weighted by Crippen LogP contribution is -2.40. The van der Waals surface area contributed by atoms with Gasteiger partial charge in [-0.05, 0) is 37.8 Å². The van der Waals surface area contributed by atoms with Crippen LogP contribution in [-0.2, 0) is 5.54 Å². The molecule has 1 rings (SSSR count). The van der Waals surface area contributed by atoms with Gasteiger partial charge in [-0.25, -0.2) is 0 Å². The summed E-state index contributed by atoms with van der Waals surface area (Å²) in [7, 11) is 0. The smallest absolute Gasteiger partial charge is 0.225 e. The van der Waals surface area contributed by atoms with Gasteiger partial charge in [0.15, 0.2) is 0 Å². The van der Waals surface area contributed by atoms with Crippen molar-refractivity contribution in [2.45, 2.75) is 47.1 Å². The van der Waals surface area contributed by atoms with Crippen molar-refractivity contribution >= 4 is 11.6 Å². The molecule has 4 heteroatoms. The Hall–Kier alpha value is -0.570. The van der Waals surface area contributed by atoms with Crippen molar-refractivity contribution in [2.24, 2.45) is 5.41 Å². The molecule has 0 fully saturated rings. The molecule has 14 heavy (non-hydrogen) atoms. The molecule has 0 N–H and O–H groups in total. The minimum absolute atomic E-state index is 0.0995. The number of halogens is 1. The van der Waals surface area contributed by atoms with Crippen LogP contribution < -0.4 is 0 Å². The van der Waals surface area contributed by atoms with E-state index >= 15 is 0 Å². The molecule has 0 atom stereocenters. The minimum Gasteiger partial charge on any atom is -0.296 e. The topological polar surface area (TPSA) is 30.7 Å². The molecule has 1 aromatic rings. The van der Waals surface area contributed by atoms with E-state index in [0.717, 1.165) is 5.82 Å². The summed E-state index contributed by atoms with van der Waals surface area (Å²) in [6.45, 7) is 12.8. The van der Waals surface area contributed by atoms with Crippen molar-refractivity contribution in [1.29, 1.82) is 0 Å². The van der Waals surface area contributed by atoms with E-state index in [4.69, 9.17) is 11.6 Å². The van der Waals surface area contributed by atoms with Crippen LogP contribution in [0.2, 0.25) is 5.28 Å². The third-order valence-corrected chi connectivity index (χ3v) is 3.42. The predicted octanol–water partition coefficient (Wildman–Crippen LogP) is 3.02. The molecule has 1 heterocycles. The summed E-state index contributed by atoms with van der Waals surface area (Å²) in [5, 5.41) is 8.31. The molecule has 0 saturated carbocycles. The van der Waals surface area contributed by atoms with Crippen molar-refractivity contribution in [3.05, 3.63) is 11.1 Å². The number of rotatable bonds is 1. The fourth-order valence-corrected chi connectivity index (χ4v) is 1.68. The molecule has 0 spiro atoms. The fourth-order valence-electron chi connectivity index (χ4n) is 1.31. The Bertz CT molecular complexity index is 314. The number of aromatic nitrogens is 3. The average molecular weight is 216 g/mol. The normalized spacial score (nSPS) is 13.4. The van der Waals surface area contributed by atoms with E-state index in [-0.39, 0.29) is 11.0 Å². The van der Waals surface area contributed by atoms with Crippen molar-refractivity contribution < 1.29 is 0 Å². The second-order valence-electron chi connectivity index (χ2n) is 5.16. The lowest BCUT2D eigenvalue weighted by molar-refractivity contribution is 0.137. The summed E-state index contributed by atoms with van der Waals surface area (Å²) in [6, 6.07) is 0. The zero-order valence-corrected chi connectivity index (χ0v) is 10.5. The second-order valence-corrected chi connectivity index (χ2v) is 5.50. The van der Waals surface area contributed by atoms with Crippen LogP contribution in [-0.4, -0.2) is 14.8 Å². The molecule has 0 bridgehead atoms. The Kier molecular flexibility index (Phi) is 2.65. The van der Waals surface area contributed by atoms with E-state index in [2.05, 4.69) is 44.8 Å². The standard InChI is InChI=1S/C10H18ClN3/c1-7-12-13-8(11)14(7)10(5,6)9(2,3)4/h1-6H3. The van der Waals surface area contributed by atoms with E-state index in [1.165, 1.54) is 0 Å². The summed E-state index contributed by atoms with van der Waals surface area (Å²) in [5.74, 6) is 0.856. The van der Waals surface area contributed by atoms with Gasteiger partial charge in [0.2, 0.25) is 5.28 Å². The Balaban J connectivity index is 3.29. The molecule has 0 aliphatic rings. The Morgan fingerprint density at radius 2 is 1.57 bits per heavy atom. The molecule has 0 radical (unpaired) electrons. The van der Waals surface area contributed by atoms with Crippen LogP contribution in [0.5, 0.6) is 0 Å². The highest BCUT2D eigenvalue weighted by Gasteiger charge is 2.37. The van der Waals surface area contributed by atoms with E-state index < -0.39 is 0 Å². The number of nitrogens with zero attached hydrogens (tertiary/aromatic N) is 3. The third-order valence-electron chi connectivity index (χ3n) is 3.18. The summed E-state index contributed by atoms with van der Waals surface area (Å²) >= 11 is 6.02. The quantitative estimate of drug-likeness (QED) is 0.721. The summed E-state index contributed by atoms with van der Waals surface area (Å²) in [4.78, 5) is 0. The van der Waals surface area contributed by atoms with E-state index in [1.807, 2.05) is 11.5 Å². The number of hydrogen-bond acceptors (Lipinski definition) is 2. The number of hydrogen-bond donors (Lipinski definition) is 0. The van der Waals surface area contributed by atoms with E-state index in [9.17, 15) is 0 Å². The molecule has 0 aromatic carbocycles. The van der Waals surface area contributed by atoms with Crippen molar-refractivity contribution in [1.82, 2.24) is 14.8 Å². The molecular weight excluding hydrogens is 198 g/mol. The molecule has 0 aliphatic heterocycles. The predicted molar refractivity (Wildman–Crippen MR) is 58.5 cm³/mol. The largest absolute Gasteiger partial charge is 0.296 e. The van der Waals surface area contributed by atoms with Crippen LogP contribution >= 0.6 is 11.6 Å². The molecule has 1 aromatic heterocycles. The minimum atomic E-state index is -0.0995. The summed E-state index contributed by atoms with van der Waals surface area (Å²) < 4.78 is 1.98. The first-order chi connectivity index (χ1) is 6.18. The van der Waals surface area contributed by atoms with Gasteiger partial charge in [-0.1, -0.05) is 20.8 Å². The SMILES string of the molecule is Cc1nnc(Cl)n1C(C)(C)C(C)(C)C. The lowest BCUT2D eigenvalue weighted by Gasteiger charge is -2.40. The zero-order valence-electron chi connectivity index (χ0n) is 9.72. The summed E-state index contributed by atoms with van der Waals surface area (Å²) in [5.41, 5.74) is 0.00144. The maximum Gasteiger partial charge on any atom is 0.225 e. The van der Waals surface area contributed by atoms with Gasteiger partial charge in [-0.3, -0.25) is 4.57 Å². The zero-order chi connectivity index (χ0) is 11.1. The highest BCUT2D eigenvalue weighted by molar-refractivity contribution is 6.28. The Morgan fingerprint density at radius 3 is 1.86 bits per heavy atom. The first-order valence-corrected chi connectivity index (χ1v) is 5.13. The second kappa shape index (κ2) is 3.23. The highest BCUT2D eigenvalue weighted by Crippen LogP contribution is 2.38. The third kappa shape index (κ3) is 1.65. The van der Waals surface area contributed by atoms with Crippen LogP contribution in [0.4, 0.5) is 0 Å². The van der Waals surface area contributed by atoms with Crippen LogP contribution in [0.25, 0.3) is 0 Å². The molecule has 0 aliphatic carbocycles. The Labute approximate surface area is 90.5 Å². The maximum atomic E-state index is 6.02. The molecule has 0 saturated heterocycles. The molecular formula is C10H18ClN3. The average Bonchev–Trinajstić information content (AvgIpc) is 2.28. The van der Waals surface area contributed by atoms with Crippen LogP contribution in [0.3, 0.4) is 0 Å². The molecule has 0 amide bonds. The molecule has 80 valence electrons. The summed E-state index contributed by atoms with van der Waals surface area (Å²) in [6.07, 6.45) is 0. The van der Waals surface area contributed by atoms with Gasteiger partial charge >= 0.3 is 0 Å². The van der Waals surface area contributed by atoms with E-state index in [1.54, 1.807) is 0 Å². The van der Waals surface area contributed by atoms with Gasteiger partial charge in [0, 0.05) is 5.54 Å². The van der Waals surface area contributed by atoms with Gasteiger partial charge in [0.05, 0.1) is 0 Å². The van der Waals surface area contributed by atoms with Gasteiger partial charge in [0.25, 0.3) is 0 Å². The monoisotopic (exact) mass is 215 g/mol. The van der Waals surface area contributed by atoms with Gasteiger partial charge in [-0.15, -0.1) is 10.2 Å². The van der Waals surface area contributed by atoms with Gasteiger partial charge in [-0.2, -0.15) is 0 Å². The first-order valence-electron chi connectivity index (χ1n) is 4.76. The molecule has 3 nitrogen and oxygen atoms in total. The van der Waals surface area contributed by atoms with Gasteiger partial charge in [0.1, 0.15) is 5.82 Å². The van der Waals surface area contributed by atoms with Crippen LogP contribution in [0.15, 0.2) is 0 Å². The first kappa shape index (κ1) is 11.5. The number of aryl methyl sites for hydroxylation is 1. The van der Waals surface area contributed by atoms with Crippen LogP contribution in [0, 0.1) is 12.3 Å². The van der Waals surface area contributed by atoms with E-state index in [0.29, 0.717) is 5.28 Å². The molecule has 0 unspecified atom stereocenters. The van der Waals surface area contributed by atoms with Crippen molar-refractivity contribution in [2.75, 3.05) is 0 Å². The van der Waals surface area contributed by atoms with Crippen molar-refractivity contribution in [3.8, 4) is 0 Å². The highest BCUT2D eigenvalue weighted by atomic mass is 35.5. The fraction of sp³-hybridized carbons (Fsp3) is 0.800. The van der Waals surface area contributed by atoms with Crippen LogP contribution in [0.1, 0.15) is 40.4 Å². The van der Waals surface area contributed by atoms with Crippen molar-refractivity contribution in [3.63, 3.8) is 0 Å². The van der Waals surface area contributed by atoms with Gasteiger partial charge < -0.3 is 0 Å². The Morgan fingerprint density at radius 1 is 1.07 bits per heavy atom. The maximum absolute atomic E-state index is 6.02.